The van der Waals surface area contributed by atoms with Crippen LogP contribution in [-0.2, 0) is 11.2 Å². The molecule has 0 aliphatic heterocycles. The van der Waals surface area contributed by atoms with Gasteiger partial charge in [0.15, 0.2) is 0 Å². The number of carbonyl (C=O) groups is 1. The Labute approximate surface area is 125 Å². The summed E-state index contributed by atoms with van der Waals surface area (Å²) in [7, 11) is 0. The van der Waals surface area contributed by atoms with Crippen molar-refractivity contribution in [3.8, 4) is 11.5 Å². The van der Waals surface area contributed by atoms with Crippen LogP contribution < -0.4 is 0 Å². The number of aliphatic hydroxyl groups excluding tert-OH is 1. The smallest absolute Gasteiger partial charge is 0.342 e. The molecule has 1 aromatic carbocycles. The monoisotopic (exact) mass is 296 g/mol. The average molecular weight is 296 g/mol. The molecule has 0 unspecified atom stereocenters. The summed E-state index contributed by atoms with van der Waals surface area (Å²) in [6.45, 7) is 2.16. The molecule has 0 amide bonds. The SMILES string of the molecule is CCOC(=O)c1c(O)cc(O)cc1CCCCCCCO. The number of ether oxygens (including phenoxy) is 1. The number of esters is 1. The van der Waals surface area contributed by atoms with Crippen molar-refractivity contribution in [2.75, 3.05) is 13.2 Å². The predicted molar refractivity (Wildman–Crippen MR) is 79.6 cm³/mol. The Morgan fingerprint density at radius 2 is 1.76 bits per heavy atom. The molecule has 0 aromatic heterocycles. The predicted octanol–water partition coefficient (Wildman–Crippen LogP) is 2.76. The quantitative estimate of drug-likeness (QED) is 0.482. The molecule has 5 nitrogen and oxygen atoms in total. The highest BCUT2D eigenvalue weighted by Crippen LogP contribution is 2.29. The van der Waals surface area contributed by atoms with Gasteiger partial charge in [0.25, 0.3) is 0 Å². The van der Waals surface area contributed by atoms with E-state index in [0.717, 1.165) is 38.2 Å². The minimum atomic E-state index is -0.565. The van der Waals surface area contributed by atoms with Gasteiger partial charge in [0.1, 0.15) is 17.1 Å². The maximum absolute atomic E-state index is 11.9. The highest BCUT2D eigenvalue weighted by Gasteiger charge is 2.18. The van der Waals surface area contributed by atoms with Gasteiger partial charge in [0, 0.05) is 12.7 Å². The zero-order chi connectivity index (χ0) is 15.7. The van der Waals surface area contributed by atoms with Crippen LogP contribution in [0.25, 0.3) is 0 Å². The van der Waals surface area contributed by atoms with Crippen LogP contribution >= 0.6 is 0 Å². The summed E-state index contributed by atoms with van der Waals surface area (Å²) >= 11 is 0. The number of benzene rings is 1. The van der Waals surface area contributed by atoms with Gasteiger partial charge in [-0.2, -0.15) is 0 Å². The van der Waals surface area contributed by atoms with Gasteiger partial charge < -0.3 is 20.1 Å². The number of hydrogen-bond acceptors (Lipinski definition) is 5. The molecule has 3 N–H and O–H groups in total. The molecule has 1 rings (SSSR count). The number of unbranched alkanes of at least 4 members (excludes halogenated alkanes) is 4. The van der Waals surface area contributed by atoms with E-state index >= 15 is 0 Å². The van der Waals surface area contributed by atoms with Gasteiger partial charge in [-0.1, -0.05) is 19.3 Å². The first-order chi connectivity index (χ1) is 10.1. The second-order valence-electron chi connectivity index (χ2n) is 4.96. The largest absolute Gasteiger partial charge is 0.508 e. The van der Waals surface area contributed by atoms with Crippen LogP contribution in [0.1, 0.15) is 54.9 Å². The first kappa shape index (κ1) is 17.3. The molecule has 0 heterocycles. The van der Waals surface area contributed by atoms with E-state index in [0.29, 0.717) is 12.0 Å². The number of aliphatic hydroxyl groups is 1. The maximum Gasteiger partial charge on any atom is 0.342 e. The highest BCUT2D eigenvalue weighted by molar-refractivity contribution is 5.94. The molecule has 1 aromatic rings. The molecular weight excluding hydrogens is 272 g/mol. The van der Waals surface area contributed by atoms with E-state index in [4.69, 9.17) is 9.84 Å². The number of carbonyl (C=O) groups excluding carboxylic acids is 1. The van der Waals surface area contributed by atoms with Crippen molar-refractivity contribution >= 4 is 5.97 Å². The Kier molecular flexibility index (Phi) is 7.61. The molecule has 0 aliphatic rings. The standard InChI is InChI=1S/C16H24O5/c1-2-21-16(20)15-12(10-13(18)11-14(15)19)8-6-4-3-5-7-9-17/h10-11,17-19H,2-9H2,1H3. The number of hydrogen-bond donors (Lipinski definition) is 3. The van der Waals surface area contributed by atoms with Crippen LogP contribution in [0.4, 0.5) is 0 Å². The van der Waals surface area contributed by atoms with Crippen molar-refractivity contribution < 1.29 is 24.9 Å². The maximum atomic E-state index is 11.9. The molecular formula is C16H24O5. The molecule has 0 saturated carbocycles. The summed E-state index contributed by atoms with van der Waals surface area (Å²) in [5, 5.41) is 28.1. The molecule has 118 valence electrons. The molecule has 0 fully saturated rings. The minimum absolute atomic E-state index is 0.0594. The second-order valence-corrected chi connectivity index (χ2v) is 4.96. The van der Waals surface area contributed by atoms with E-state index in [9.17, 15) is 15.0 Å². The lowest BCUT2D eigenvalue weighted by atomic mass is 9.99. The molecule has 0 radical (unpaired) electrons. The fraction of sp³-hybridized carbons (Fsp3) is 0.562. The zero-order valence-electron chi connectivity index (χ0n) is 12.5. The van der Waals surface area contributed by atoms with Gasteiger partial charge in [-0.15, -0.1) is 0 Å². The minimum Gasteiger partial charge on any atom is -0.508 e. The Bertz CT molecular complexity index is 456. The van der Waals surface area contributed by atoms with E-state index in [-0.39, 0.29) is 30.3 Å². The molecule has 0 aliphatic carbocycles. The molecule has 0 atom stereocenters. The third kappa shape index (κ3) is 5.63. The summed E-state index contributed by atoms with van der Waals surface area (Å²) in [6.07, 6.45) is 5.21. The molecule has 0 bridgehead atoms. The normalized spacial score (nSPS) is 10.6. The van der Waals surface area contributed by atoms with Crippen molar-refractivity contribution in [2.24, 2.45) is 0 Å². The summed E-state index contributed by atoms with van der Waals surface area (Å²) in [5.41, 5.74) is 0.748. The highest BCUT2D eigenvalue weighted by atomic mass is 16.5. The average Bonchev–Trinajstić information content (AvgIpc) is 2.42. The summed E-state index contributed by atoms with van der Waals surface area (Å²) < 4.78 is 4.94. The van der Waals surface area contributed by atoms with Gasteiger partial charge in [0.05, 0.1) is 6.61 Å². The van der Waals surface area contributed by atoms with Gasteiger partial charge in [-0.25, -0.2) is 4.79 Å². The summed E-state index contributed by atoms with van der Waals surface area (Å²) in [4.78, 5) is 11.9. The molecule has 5 heteroatoms. The van der Waals surface area contributed by atoms with Gasteiger partial charge in [0.2, 0.25) is 0 Å². The summed E-state index contributed by atoms with van der Waals surface area (Å²) in [6, 6.07) is 2.65. The Balaban J connectivity index is 2.68. The van der Waals surface area contributed by atoms with Crippen LogP contribution in [0, 0.1) is 0 Å². The van der Waals surface area contributed by atoms with Gasteiger partial charge >= 0.3 is 5.97 Å². The van der Waals surface area contributed by atoms with E-state index in [1.165, 1.54) is 6.07 Å². The van der Waals surface area contributed by atoms with Crippen molar-refractivity contribution in [1.29, 1.82) is 0 Å². The summed E-state index contributed by atoms with van der Waals surface area (Å²) in [5.74, 6) is -0.871. The van der Waals surface area contributed by atoms with Crippen molar-refractivity contribution in [1.82, 2.24) is 0 Å². The van der Waals surface area contributed by atoms with E-state index in [1.54, 1.807) is 6.92 Å². The van der Waals surface area contributed by atoms with E-state index in [2.05, 4.69) is 0 Å². The Morgan fingerprint density at radius 1 is 1.10 bits per heavy atom. The lowest BCUT2D eigenvalue weighted by molar-refractivity contribution is 0.0521. The van der Waals surface area contributed by atoms with Crippen molar-refractivity contribution in [3.63, 3.8) is 0 Å². The van der Waals surface area contributed by atoms with E-state index in [1.807, 2.05) is 0 Å². The first-order valence-corrected chi connectivity index (χ1v) is 7.43. The number of rotatable bonds is 9. The van der Waals surface area contributed by atoms with Crippen LogP contribution in [0.5, 0.6) is 11.5 Å². The number of phenols is 2. The fourth-order valence-electron chi connectivity index (χ4n) is 2.26. The lowest BCUT2D eigenvalue weighted by Gasteiger charge is -2.11. The second kappa shape index (κ2) is 9.23. The van der Waals surface area contributed by atoms with Gasteiger partial charge in [-0.05, 0) is 37.8 Å². The number of phenolic OH excluding ortho intramolecular Hbond substituents is 2. The Hall–Kier alpha value is -1.75. The number of aryl methyl sites for hydroxylation is 1. The van der Waals surface area contributed by atoms with Crippen molar-refractivity contribution in [3.05, 3.63) is 23.3 Å². The zero-order valence-corrected chi connectivity index (χ0v) is 12.5. The third-order valence-corrected chi connectivity index (χ3v) is 3.27. The van der Waals surface area contributed by atoms with E-state index < -0.39 is 5.97 Å². The first-order valence-electron chi connectivity index (χ1n) is 7.43. The van der Waals surface area contributed by atoms with Gasteiger partial charge in [-0.3, -0.25) is 0 Å². The Morgan fingerprint density at radius 3 is 2.43 bits per heavy atom. The lowest BCUT2D eigenvalue weighted by Crippen LogP contribution is -2.08. The molecule has 21 heavy (non-hydrogen) atoms. The number of aromatic hydroxyl groups is 2. The fourth-order valence-corrected chi connectivity index (χ4v) is 2.26. The van der Waals surface area contributed by atoms with Crippen LogP contribution in [0.15, 0.2) is 12.1 Å². The van der Waals surface area contributed by atoms with Crippen molar-refractivity contribution in [2.45, 2.75) is 45.4 Å². The molecule has 0 saturated heterocycles. The third-order valence-electron chi connectivity index (χ3n) is 3.27. The van der Waals surface area contributed by atoms with Crippen LogP contribution in [0.3, 0.4) is 0 Å². The molecule has 0 spiro atoms. The topological polar surface area (TPSA) is 87.0 Å². The van der Waals surface area contributed by atoms with Crippen LogP contribution in [0.2, 0.25) is 0 Å². The van der Waals surface area contributed by atoms with Crippen LogP contribution in [-0.4, -0.2) is 34.5 Å².